The normalized spacial score (nSPS) is 19.0. The van der Waals surface area contributed by atoms with Gasteiger partial charge in [-0.3, -0.25) is 9.69 Å². The lowest BCUT2D eigenvalue weighted by Gasteiger charge is -2.26. The van der Waals surface area contributed by atoms with E-state index in [4.69, 9.17) is 4.42 Å². The van der Waals surface area contributed by atoms with E-state index in [1.807, 2.05) is 0 Å². The Hall–Kier alpha value is -2.26. The topological polar surface area (TPSA) is 79.6 Å². The lowest BCUT2D eigenvalue weighted by molar-refractivity contribution is -0.118. The van der Waals surface area contributed by atoms with E-state index in [1.165, 1.54) is 6.26 Å². The summed E-state index contributed by atoms with van der Waals surface area (Å²) in [6.45, 7) is 0.115. The molecule has 0 saturated carbocycles. The largest absolute Gasteiger partial charge is 0.468 e. The molecule has 140 valence electrons. The minimum atomic E-state index is -3.13. The maximum atomic E-state index is 13.7. The summed E-state index contributed by atoms with van der Waals surface area (Å²) < 4.78 is 55.5. The molecule has 0 aliphatic carbocycles. The van der Waals surface area contributed by atoms with Gasteiger partial charge in [0.2, 0.25) is 5.91 Å². The zero-order chi connectivity index (χ0) is 18.7. The molecular formula is C17H18F2N2O4S. The third-order valence-electron chi connectivity index (χ3n) is 4.22. The summed E-state index contributed by atoms with van der Waals surface area (Å²) in [5, 5.41) is 2.39. The van der Waals surface area contributed by atoms with Crippen LogP contribution >= 0.6 is 0 Å². The standard InChI is InChI=1S/C17H18F2N2O4S/c18-12-3-4-16(15(19)8-12)20-17(22)10-21(9-14-2-1-6-25-14)13-5-7-26(23,24)11-13/h1-4,6,8,13H,5,7,9-11H2,(H,20,22)/t13-/m1/s1. The van der Waals surface area contributed by atoms with Crippen LogP contribution in [-0.4, -0.2) is 43.3 Å². The van der Waals surface area contributed by atoms with E-state index in [2.05, 4.69) is 5.32 Å². The summed E-state index contributed by atoms with van der Waals surface area (Å²) in [5.74, 6) is -1.51. The van der Waals surface area contributed by atoms with Gasteiger partial charge in [-0.15, -0.1) is 0 Å². The van der Waals surface area contributed by atoms with Crippen LogP contribution in [0, 0.1) is 11.6 Å². The SMILES string of the molecule is O=C(CN(Cc1ccco1)[C@@H]1CCS(=O)(=O)C1)Nc1ccc(F)cc1F. The van der Waals surface area contributed by atoms with Gasteiger partial charge in [-0.2, -0.15) is 0 Å². The van der Waals surface area contributed by atoms with E-state index < -0.39 is 27.4 Å². The third kappa shape index (κ3) is 4.67. The molecule has 1 atom stereocenters. The molecule has 0 radical (unpaired) electrons. The predicted molar refractivity (Wildman–Crippen MR) is 91.2 cm³/mol. The average molecular weight is 384 g/mol. The Morgan fingerprint density at radius 1 is 1.31 bits per heavy atom. The van der Waals surface area contributed by atoms with E-state index in [0.717, 1.165) is 12.1 Å². The average Bonchev–Trinajstić information content (AvgIpc) is 3.19. The van der Waals surface area contributed by atoms with Crippen LogP contribution in [0.4, 0.5) is 14.5 Å². The maximum absolute atomic E-state index is 13.7. The maximum Gasteiger partial charge on any atom is 0.238 e. The molecule has 2 aromatic rings. The molecule has 1 aliphatic heterocycles. The van der Waals surface area contributed by atoms with Crippen LogP contribution in [0.2, 0.25) is 0 Å². The van der Waals surface area contributed by atoms with Crippen molar-refractivity contribution >= 4 is 21.4 Å². The molecule has 3 rings (SSSR count). The zero-order valence-electron chi connectivity index (χ0n) is 13.8. The van der Waals surface area contributed by atoms with Crippen LogP contribution in [0.5, 0.6) is 0 Å². The van der Waals surface area contributed by atoms with Gasteiger partial charge in [0, 0.05) is 12.1 Å². The fourth-order valence-corrected chi connectivity index (χ4v) is 4.71. The Morgan fingerprint density at radius 2 is 2.12 bits per heavy atom. The van der Waals surface area contributed by atoms with Crippen molar-refractivity contribution < 1.29 is 26.4 Å². The molecule has 0 unspecified atom stereocenters. The summed E-state index contributed by atoms with van der Waals surface area (Å²) in [6, 6.07) is 5.97. The lowest BCUT2D eigenvalue weighted by atomic mass is 10.2. The lowest BCUT2D eigenvalue weighted by Crippen LogP contribution is -2.41. The van der Waals surface area contributed by atoms with Crippen molar-refractivity contribution in [3.05, 3.63) is 54.0 Å². The predicted octanol–water partition coefficient (Wildman–Crippen LogP) is 2.19. The molecule has 1 aromatic heterocycles. The van der Waals surface area contributed by atoms with Crippen LogP contribution in [0.15, 0.2) is 41.0 Å². The van der Waals surface area contributed by atoms with E-state index in [0.29, 0.717) is 18.2 Å². The van der Waals surface area contributed by atoms with Crippen molar-refractivity contribution in [2.75, 3.05) is 23.4 Å². The summed E-state index contributed by atoms with van der Waals surface area (Å²) in [5.41, 5.74) is -0.131. The van der Waals surface area contributed by atoms with Crippen LogP contribution in [-0.2, 0) is 21.2 Å². The van der Waals surface area contributed by atoms with Gasteiger partial charge in [0.25, 0.3) is 0 Å². The third-order valence-corrected chi connectivity index (χ3v) is 5.97. The van der Waals surface area contributed by atoms with E-state index >= 15 is 0 Å². The number of benzene rings is 1. The van der Waals surface area contributed by atoms with Crippen molar-refractivity contribution in [1.29, 1.82) is 0 Å². The Bertz CT molecular complexity index is 884. The molecule has 26 heavy (non-hydrogen) atoms. The first-order valence-electron chi connectivity index (χ1n) is 8.04. The number of nitrogens with zero attached hydrogens (tertiary/aromatic N) is 1. The Balaban J connectivity index is 1.71. The van der Waals surface area contributed by atoms with Crippen molar-refractivity contribution in [2.45, 2.75) is 19.0 Å². The fourth-order valence-electron chi connectivity index (χ4n) is 2.95. The smallest absolute Gasteiger partial charge is 0.238 e. The Kier molecular flexibility index (Phi) is 5.38. The Morgan fingerprint density at radius 3 is 2.73 bits per heavy atom. The minimum Gasteiger partial charge on any atom is -0.468 e. The molecular weight excluding hydrogens is 366 g/mol. The van der Waals surface area contributed by atoms with E-state index in [-0.39, 0.29) is 36.3 Å². The summed E-state index contributed by atoms with van der Waals surface area (Å²) >= 11 is 0. The summed E-state index contributed by atoms with van der Waals surface area (Å²) in [7, 11) is -3.13. The highest BCUT2D eigenvalue weighted by Gasteiger charge is 2.33. The van der Waals surface area contributed by atoms with E-state index in [9.17, 15) is 22.0 Å². The quantitative estimate of drug-likeness (QED) is 0.826. The number of carbonyl (C=O) groups is 1. The highest BCUT2D eigenvalue weighted by molar-refractivity contribution is 7.91. The second-order valence-corrected chi connectivity index (χ2v) is 8.44. The van der Waals surface area contributed by atoms with Gasteiger partial charge in [0.05, 0.1) is 36.5 Å². The highest BCUT2D eigenvalue weighted by atomic mass is 32.2. The number of rotatable bonds is 6. The zero-order valence-corrected chi connectivity index (χ0v) is 14.6. The molecule has 1 aromatic carbocycles. The molecule has 1 N–H and O–H groups in total. The number of halogens is 2. The van der Waals surface area contributed by atoms with Gasteiger partial charge < -0.3 is 9.73 Å². The van der Waals surface area contributed by atoms with Crippen LogP contribution in [0.1, 0.15) is 12.2 Å². The molecule has 1 saturated heterocycles. The molecule has 9 heteroatoms. The first-order chi connectivity index (χ1) is 12.3. The highest BCUT2D eigenvalue weighted by Crippen LogP contribution is 2.21. The number of amides is 1. The van der Waals surface area contributed by atoms with Gasteiger partial charge in [0.1, 0.15) is 17.4 Å². The summed E-state index contributed by atoms with van der Waals surface area (Å²) in [4.78, 5) is 14.0. The number of carbonyl (C=O) groups excluding carboxylic acids is 1. The van der Waals surface area contributed by atoms with Crippen LogP contribution in [0.25, 0.3) is 0 Å². The molecule has 2 heterocycles. The van der Waals surface area contributed by atoms with Crippen molar-refractivity contribution in [1.82, 2.24) is 4.90 Å². The number of sulfone groups is 1. The first kappa shape index (κ1) is 18.5. The molecule has 6 nitrogen and oxygen atoms in total. The number of hydrogen-bond donors (Lipinski definition) is 1. The van der Waals surface area contributed by atoms with Gasteiger partial charge >= 0.3 is 0 Å². The minimum absolute atomic E-state index is 0.0358. The Labute approximate surface area is 149 Å². The van der Waals surface area contributed by atoms with E-state index in [1.54, 1.807) is 17.0 Å². The summed E-state index contributed by atoms with van der Waals surface area (Å²) in [6.07, 6.45) is 1.91. The van der Waals surface area contributed by atoms with Crippen molar-refractivity contribution in [3.8, 4) is 0 Å². The second-order valence-electron chi connectivity index (χ2n) is 6.21. The van der Waals surface area contributed by atoms with Crippen LogP contribution < -0.4 is 5.32 Å². The van der Waals surface area contributed by atoms with Crippen molar-refractivity contribution in [2.24, 2.45) is 0 Å². The monoisotopic (exact) mass is 384 g/mol. The first-order valence-corrected chi connectivity index (χ1v) is 9.86. The van der Waals surface area contributed by atoms with Crippen LogP contribution in [0.3, 0.4) is 0 Å². The number of anilines is 1. The number of furan rings is 1. The van der Waals surface area contributed by atoms with Crippen molar-refractivity contribution in [3.63, 3.8) is 0 Å². The molecule has 0 spiro atoms. The molecule has 1 amide bonds. The fraction of sp³-hybridized carbons (Fsp3) is 0.353. The van der Waals surface area contributed by atoms with Gasteiger partial charge in [-0.25, -0.2) is 17.2 Å². The number of hydrogen-bond acceptors (Lipinski definition) is 5. The number of nitrogens with one attached hydrogen (secondary N) is 1. The molecule has 0 bridgehead atoms. The molecule has 1 aliphatic rings. The second kappa shape index (κ2) is 7.55. The van der Waals surface area contributed by atoms with Gasteiger partial charge in [0.15, 0.2) is 9.84 Å². The van der Waals surface area contributed by atoms with Gasteiger partial charge in [-0.05, 0) is 30.7 Å². The van der Waals surface area contributed by atoms with Gasteiger partial charge in [-0.1, -0.05) is 0 Å². The molecule has 1 fully saturated rings.